The number of methoxy groups -OCH3 is 2. The molecule has 12 rings (SSSR count). The Morgan fingerprint density at radius 1 is 0.559 bits per heavy atom. The minimum atomic E-state index is -0.672. The van der Waals surface area contributed by atoms with Crippen molar-refractivity contribution in [2.75, 3.05) is 14.2 Å². The first kappa shape index (κ1) is 44.1. The van der Waals surface area contributed by atoms with Gasteiger partial charge in [0.15, 0.2) is 0 Å². The maximum atomic E-state index is 13.9. The summed E-state index contributed by atoms with van der Waals surface area (Å²) < 4.78 is 9.68. The summed E-state index contributed by atoms with van der Waals surface area (Å²) in [6.07, 6.45) is 11.1. The number of fused-ring (bicyclic) bond motifs is 4. The Morgan fingerprint density at radius 2 is 0.926 bits per heavy atom. The van der Waals surface area contributed by atoms with Gasteiger partial charge in [-0.2, -0.15) is 0 Å². The van der Waals surface area contributed by atoms with Crippen molar-refractivity contribution in [3.8, 4) is 44.8 Å². The molecule has 5 aromatic rings. The molecular formula is C54H62N8O6. The van der Waals surface area contributed by atoms with E-state index in [4.69, 9.17) is 19.4 Å². The first-order valence-corrected chi connectivity index (χ1v) is 24.7. The highest BCUT2D eigenvalue weighted by Crippen LogP contribution is 2.57. The normalized spacial score (nSPS) is 25.9. The molecule has 8 atom stereocenters. The Hall–Kier alpha value is -6.44. The summed E-state index contributed by atoms with van der Waals surface area (Å²) in [7, 11) is 2.63. The molecular weight excluding hydrogens is 857 g/mol. The number of aromatic amines is 2. The number of rotatable bonds is 12. The summed E-state index contributed by atoms with van der Waals surface area (Å²) >= 11 is 0. The van der Waals surface area contributed by atoms with E-state index >= 15 is 0 Å². The second-order valence-corrected chi connectivity index (χ2v) is 20.9. The number of alkyl carbamates (subject to hydrolysis) is 2. The van der Waals surface area contributed by atoms with E-state index in [0.717, 1.165) is 59.8 Å². The van der Waals surface area contributed by atoms with Crippen molar-refractivity contribution in [2.24, 2.45) is 23.7 Å². The molecule has 354 valence electrons. The highest BCUT2D eigenvalue weighted by Gasteiger charge is 2.57. The van der Waals surface area contributed by atoms with Gasteiger partial charge in [0.2, 0.25) is 11.8 Å². The Bertz CT molecular complexity index is 2570. The van der Waals surface area contributed by atoms with Crippen LogP contribution in [0.3, 0.4) is 0 Å². The van der Waals surface area contributed by atoms with Crippen molar-refractivity contribution < 1.29 is 28.7 Å². The van der Waals surface area contributed by atoms with Gasteiger partial charge in [0, 0.05) is 12.1 Å². The van der Waals surface area contributed by atoms with Gasteiger partial charge < -0.3 is 39.9 Å². The third-order valence-electron chi connectivity index (χ3n) is 16.2. The van der Waals surface area contributed by atoms with Crippen LogP contribution >= 0.6 is 0 Å². The molecule has 7 aliphatic rings. The highest BCUT2D eigenvalue weighted by atomic mass is 16.5. The number of nitrogens with one attached hydrogen (secondary N) is 4. The number of hydrogen-bond acceptors (Lipinski definition) is 8. The molecule has 4 amide bonds. The summed E-state index contributed by atoms with van der Waals surface area (Å²) in [5.74, 6) is 3.17. The van der Waals surface area contributed by atoms with Crippen LogP contribution in [0.15, 0.2) is 73.1 Å². The van der Waals surface area contributed by atoms with Crippen molar-refractivity contribution in [2.45, 2.75) is 127 Å². The van der Waals surface area contributed by atoms with Crippen molar-refractivity contribution in [1.82, 2.24) is 40.4 Å². The van der Waals surface area contributed by atoms with Gasteiger partial charge in [0.25, 0.3) is 0 Å². The van der Waals surface area contributed by atoms with E-state index in [1.54, 1.807) is 0 Å². The van der Waals surface area contributed by atoms with E-state index in [1.165, 1.54) is 73.3 Å². The van der Waals surface area contributed by atoms with Gasteiger partial charge in [-0.3, -0.25) is 9.59 Å². The molecule has 14 heteroatoms. The molecule has 0 radical (unpaired) electrons. The second-order valence-electron chi connectivity index (χ2n) is 20.9. The first-order valence-electron chi connectivity index (χ1n) is 24.7. The lowest BCUT2D eigenvalue weighted by Crippen LogP contribution is -2.52. The highest BCUT2D eigenvalue weighted by molar-refractivity contribution is 5.88. The first-order chi connectivity index (χ1) is 32.9. The number of imidazole rings is 2. The minimum absolute atomic E-state index is 0.0843. The standard InChI is InChI=1S/C54H62N8O6/c1-27(2)47(59-53(65)67-5)51(63)61-41-21-35(41)23-43(61)49-55-25-39(57-49)31-11-7-29(8-12-31)37-19-20-38(46-34-17-15-33(16-18-34)45(37)46)30-9-13-32(14-10-30)40-26-56-50(58-40)44-24-36-22-42(36)62(44)52(64)48(28(3)4)60-54(66)68-6/h7-14,19-20,25-28,33-36,41-44,47-48H,15-18,21-24H2,1-6H3,(H,55,57)(H,56,58)(H,59,65)(H,60,66)/t33?,34?,35?,36?,41?,42?,43-,44-,47-,48-/m0/s1. The van der Waals surface area contributed by atoms with Gasteiger partial charge >= 0.3 is 12.2 Å². The van der Waals surface area contributed by atoms with Gasteiger partial charge in [-0.15, -0.1) is 0 Å². The molecule has 0 spiro atoms. The molecule has 5 aliphatic carbocycles. The Balaban J connectivity index is 0.815. The van der Waals surface area contributed by atoms with Crippen LogP contribution in [-0.4, -0.2) is 92.1 Å². The molecule has 2 bridgehead atoms. The third kappa shape index (κ3) is 7.73. The van der Waals surface area contributed by atoms with Gasteiger partial charge in [-0.05, 0) is 131 Å². The minimum Gasteiger partial charge on any atom is -0.453 e. The second kappa shape index (κ2) is 17.3. The number of hydrogen-bond donors (Lipinski definition) is 4. The zero-order valence-electron chi connectivity index (χ0n) is 39.8. The Labute approximate surface area is 397 Å². The van der Waals surface area contributed by atoms with E-state index < -0.39 is 24.3 Å². The maximum Gasteiger partial charge on any atom is 0.407 e. The average molecular weight is 919 g/mol. The number of H-pyrrole nitrogens is 2. The fourth-order valence-electron chi connectivity index (χ4n) is 12.4. The predicted octanol–water partition coefficient (Wildman–Crippen LogP) is 9.64. The van der Waals surface area contributed by atoms with E-state index in [1.807, 2.05) is 49.9 Å². The lowest BCUT2D eigenvalue weighted by molar-refractivity contribution is -0.137. The zero-order chi connectivity index (χ0) is 47.1. The van der Waals surface area contributed by atoms with Crippen LogP contribution < -0.4 is 10.6 Å². The van der Waals surface area contributed by atoms with E-state index in [9.17, 15) is 19.2 Å². The lowest BCUT2D eigenvalue weighted by Gasteiger charge is -2.41. The number of piperidine rings is 2. The van der Waals surface area contributed by atoms with Crippen molar-refractivity contribution in [1.29, 1.82) is 0 Å². The Morgan fingerprint density at radius 3 is 1.28 bits per heavy atom. The number of carbonyl (C=O) groups is 4. The van der Waals surface area contributed by atoms with Crippen LogP contribution in [0.25, 0.3) is 44.8 Å². The van der Waals surface area contributed by atoms with E-state index in [-0.39, 0.29) is 47.8 Å². The Kier molecular flexibility index (Phi) is 11.2. The topological polar surface area (TPSA) is 175 Å². The van der Waals surface area contributed by atoms with Gasteiger partial charge in [0.05, 0.1) is 50.1 Å². The molecule has 2 aromatic heterocycles. The van der Waals surface area contributed by atoms with Crippen LogP contribution in [0.4, 0.5) is 9.59 Å². The fraction of sp³-hybridized carbons (Fsp3) is 0.481. The molecule has 68 heavy (non-hydrogen) atoms. The number of carbonyl (C=O) groups excluding carboxylic acids is 4. The summed E-state index contributed by atoms with van der Waals surface area (Å²) in [5, 5.41) is 5.54. The molecule has 3 saturated carbocycles. The smallest absolute Gasteiger partial charge is 0.407 e. The summed E-state index contributed by atoms with van der Waals surface area (Å²) in [5.41, 5.74) is 12.0. The number of benzene rings is 3. The largest absolute Gasteiger partial charge is 0.453 e. The summed E-state index contributed by atoms with van der Waals surface area (Å²) in [4.78, 5) is 72.9. The summed E-state index contributed by atoms with van der Waals surface area (Å²) in [6, 6.07) is 20.9. The summed E-state index contributed by atoms with van der Waals surface area (Å²) in [6.45, 7) is 7.75. The van der Waals surface area contributed by atoms with Gasteiger partial charge in [0.1, 0.15) is 23.7 Å². The van der Waals surface area contributed by atoms with Crippen LogP contribution in [0.2, 0.25) is 0 Å². The van der Waals surface area contributed by atoms with Crippen LogP contribution in [-0.2, 0) is 19.1 Å². The predicted molar refractivity (Wildman–Crippen MR) is 257 cm³/mol. The van der Waals surface area contributed by atoms with Crippen molar-refractivity contribution in [3.63, 3.8) is 0 Å². The van der Waals surface area contributed by atoms with E-state index in [0.29, 0.717) is 23.7 Å². The molecule has 4 N–H and O–H groups in total. The van der Waals surface area contributed by atoms with Crippen LogP contribution in [0.1, 0.15) is 126 Å². The number of amides is 4. The zero-order valence-corrected chi connectivity index (χ0v) is 39.8. The average Bonchev–Trinajstić information content (AvgIpc) is 3.94. The van der Waals surface area contributed by atoms with Gasteiger partial charge in [-0.25, -0.2) is 19.6 Å². The molecule has 5 fully saturated rings. The number of aromatic nitrogens is 4. The van der Waals surface area contributed by atoms with E-state index in [2.05, 4.69) is 81.3 Å². The number of nitrogens with zero attached hydrogens (tertiary/aromatic N) is 4. The maximum absolute atomic E-state index is 13.9. The monoisotopic (exact) mass is 918 g/mol. The lowest BCUT2D eigenvalue weighted by atomic mass is 9.63. The van der Waals surface area contributed by atoms with Crippen LogP contribution in [0.5, 0.6) is 0 Å². The fourth-order valence-corrected chi connectivity index (χ4v) is 12.4. The quantitative estimate of drug-likeness (QED) is 0.0957. The van der Waals surface area contributed by atoms with Crippen molar-refractivity contribution >= 4 is 24.0 Å². The molecule has 14 nitrogen and oxygen atoms in total. The SMILES string of the molecule is COC(=O)N[C@H](C(=O)N1C2CC2C[C@H]1c1ncc(-c2ccc(-c3ccc(-c4ccc(-c5cnc([C@@H]6CC7CC7N6C(=O)[C@@H](NC(=O)OC)C(C)C)[nH]5)cc4)c4c3C3CCC4CC3)cc2)[nH]1)C(C)C. The number of ether oxygens (including phenoxy) is 2. The molecule has 4 heterocycles. The van der Waals surface area contributed by atoms with Gasteiger partial charge in [-0.1, -0.05) is 88.4 Å². The molecule has 2 saturated heterocycles. The van der Waals surface area contributed by atoms with Crippen molar-refractivity contribution in [3.05, 3.63) is 95.8 Å². The molecule has 3 aromatic carbocycles. The molecule has 4 unspecified atom stereocenters. The third-order valence-corrected chi connectivity index (χ3v) is 16.2. The molecule has 2 aliphatic heterocycles. The van der Waals surface area contributed by atoms with Crippen LogP contribution in [0, 0.1) is 23.7 Å². The number of likely N-dealkylation sites (tertiary alicyclic amines) is 2.